The summed E-state index contributed by atoms with van der Waals surface area (Å²) < 4.78 is 4.76. The monoisotopic (exact) mass is 286 g/mol. The molecule has 2 aromatic rings. The largest absolute Gasteiger partial charge is 0.465 e. The number of benzene rings is 1. The zero-order valence-corrected chi connectivity index (χ0v) is 12.7. The van der Waals surface area contributed by atoms with Gasteiger partial charge in [0.1, 0.15) is 0 Å². The van der Waals surface area contributed by atoms with Crippen molar-refractivity contribution in [1.82, 2.24) is 9.88 Å². The summed E-state index contributed by atoms with van der Waals surface area (Å²) in [5, 5.41) is 1.20. The summed E-state index contributed by atoms with van der Waals surface area (Å²) in [6, 6.07) is 5.72. The van der Waals surface area contributed by atoms with Crippen LogP contribution in [0.5, 0.6) is 0 Å². The molecule has 1 aromatic carbocycles. The fourth-order valence-corrected chi connectivity index (χ4v) is 3.23. The Morgan fingerprint density at radius 1 is 1.48 bits per heavy atom. The number of H-pyrrole nitrogens is 1. The minimum Gasteiger partial charge on any atom is -0.465 e. The normalized spacial score (nSPS) is 19.8. The number of hydrogen-bond acceptors (Lipinski definition) is 3. The third-order valence-electron chi connectivity index (χ3n) is 4.32. The molecular weight excluding hydrogens is 264 g/mol. The lowest BCUT2D eigenvalue weighted by Gasteiger charge is -2.30. The Kier molecular flexibility index (Phi) is 3.97. The zero-order valence-electron chi connectivity index (χ0n) is 12.7. The highest BCUT2D eigenvalue weighted by Crippen LogP contribution is 2.24. The van der Waals surface area contributed by atoms with E-state index in [4.69, 9.17) is 4.74 Å². The van der Waals surface area contributed by atoms with Gasteiger partial charge in [0, 0.05) is 30.2 Å². The topological polar surface area (TPSA) is 45.3 Å². The van der Waals surface area contributed by atoms with E-state index in [0.717, 1.165) is 18.0 Å². The van der Waals surface area contributed by atoms with Crippen molar-refractivity contribution in [3.63, 3.8) is 0 Å². The molecule has 1 atom stereocenters. The Labute approximate surface area is 125 Å². The fourth-order valence-electron chi connectivity index (χ4n) is 3.23. The van der Waals surface area contributed by atoms with Crippen molar-refractivity contribution in [2.45, 2.75) is 26.3 Å². The highest BCUT2D eigenvalue weighted by Gasteiger charge is 2.18. The van der Waals surface area contributed by atoms with Crippen LogP contribution >= 0.6 is 0 Å². The maximum Gasteiger partial charge on any atom is 0.337 e. The first-order valence-electron chi connectivity index (χ1n) is 7.58. The van der Waals surface area contributed by atoms with E-state index in [1.54, 1.807) is 0 Å². The van der Waals surface area contributed by atoms with Crippen LogP contribution in [-0.4, -0.2) is 36.1 Å². The van der Waals surface area contributed by atoms with E-state index < -0.39 is 0 Å². The Morgan fingerprint density at radius 3 is 3.10 bits per heavy atom. The van der Waals surface area contributed by atoms with Gasteiger partial charge in [-0.1, -0.05) is 13.0 Å². The van der Waals surface area contributed by atoms with Gasteiger partial charge in [-0.15, -0.1) is 0 Å². The minimum atomic E-state index is -0.294. The highest BCUT2D eigenvalue weighted by atomic mass is 16.5. The minimum absolute atomic E-state index is 0.294. The van der Waals surface area contributed by atoms with Gasteiger partial charge >= 0.3 is 5.97 Å². The second-order valence-corrected chi connectivity index (χ2v) is 6.05. The summed E-state index contributed by atoms with van der Waals surface area (Å²) in [4.78, 5) is 17.4. The van der Waals surface area contributed by atoms with Crippen molar-refractivity contribution in [1.29, 1.82) is 0 Å². The zero-order chi connectivity index (χ0) is 14.8. The standard InChI is InChI=1S/C17H22N2O2/c1-12-4-3-7-19(10-12)11-14-9-18-16-8-13(17(20)21-2)5-6-15(14)16/h5-6,8-9,12,18H,3-4,7,10-11H2,1-2H3. The van der Waals surface area contributed by atoms with E-state index in [1.165, 1.54) is 44.0 Å². The molecule has 0 amide bonds. The number of hydrogen-bond donors (Lipinski definition) is 1. The van der Waals surface area contributed by atoms with Crippen molar-refractivity contribution in [3.05, 3.63) is 35.5 Å². The molecule has 0 aliphatic carbocycles. The molecule has 1 N–H and O–H groups in total. The number of esters is 1. The van der Waals surface area contributed by atoms with Crippen LogP contribution in [0.25, 0.3) is 10.9 Å². The van der Waals surface area contributed by atoms with Crippen molar-refractivity contribution in [3.8, 4) is 0 Å². The molecule has 4 heteroatoms. The van der Waals surface area contributed by atoms with Gasteiger partial charge in [-0.05, 0) is 43.0 Å². The van der Waals surface area contributed by atoms with Crippen molar-refractivity contribution in [2.24, 2.45) is 5.92 Å². The second-order valence-electron chi connectivity index (χ2n) is 6.05. The van der Waals surface area contributed by atoms with Crippen LogP contribution in [-0.2, 0) is 11.3 Å². The lowest BCUT2D eigenvalue weighted by Crippen LogP contribution is -2.33. The predicted molar refractivity (Wildman–Crippen MR) is 83.3 cm³/mol. The molecule has 2 heterocycles. The molecule has 0 saturated carbocycles. The van der Waals surface area contributed by atoms with E-state index in [1.807, 2.05) is 18.2 Å². The van der Waals surface area contributed by atoms with Crippen LogP contribution in [0.1, 0.15) is 35.7 Å². The summed E-state index contributed by atoms with van der Waals surface area (Å²) in [6.07, 6.45) is 4.69. The van der Waals surface area contributed by atoms with E-state index in [-0.39, 0.29) is 5.97 Å². The number of aromatic amines is 1. The number of carbonyl (C=O) groups is 1. The van der Waals surface area contributed by atoms with Gasteiger partial charge < -0.3 is 9.72 Å². The van der Waals surface area contributed by atoms with Crippen LogP contribution in [0.15, 0.2) is 24.4 Å². The third-order valence-corrected chi connectivity index (χ3v) is 4.32. The molecule has 1 aliphatic heterocycles. The molecular formula is C17H22N2O2. The molecule has 1 saturated heterocycles. The lowest BCUT2D eigenvalue weighted by atomic mass is 9.99. The maximum atomic E-state index is 11.6. The van der Waals surface area contributed by atoms with Gasteiger partial charge in [-0.2, -0.15) is 0 Å². The van der Waals surface area contributed by atoms with E-state index in [9.17, 15) is 4.79 Å². The van der Waals surface area contributed by atoms with Crippen LogP contribution < -0.4 is 0 Å². The van der Waals surface area contributed by atoms with Crippen LogP contribution in [0.2, 0.25) is 0 Å². The summed E-state index contributed by atoms with van der Waals surface area (Å²) in [5.41, 5.74) is 2.89. The van der Waals surface area contributed by atoms with Gasteiger partial charge in [0.15, 0.2) is 0 Å². The van der Waals surface area contributed by atoms with Gasteiger partial charge in [-0.3, -0.25) is 4.90 Å². The van der Waals surface area contributed by atoms with Crippen molar-refractivity contribution in [2.75, 3.05) is 20.2 Å². The Hall–Kier alpha value is -1.81. The molecule has 1 aliphatic rings. The number of ether oxygens (including phenoxy) is 1. The fraction of sp³-hybridized carbons (Fsp3) is 0.471. The summed E-state index contributed by atoms with van der Waals surface area (Å²) in [6.45, 7) is 5.65. The summed E-state index contributed by atoms with van der Waals surface area (Å²) in [5.74, 6) is 0.493. The number of likely N-dealkylation sites (tertiary alicyclic amines) is 1. The lowest BCUT2D eigenvalue weighted by molar-refractivity contribution is 0.0601. The van der Waals surface area contributed by atoms with Crippen LogP contribution in [0.4, 0.5) is 0 Å². The van der Waals surface area contributed by atoms with E-state index in [2.05, 4.69) is 23.0 Å². The van der Waals surface area contributed by atoms with Crippen LogP contribution in [0, 0.1) is 5.92 Å². The van der Waals surface area contributed by atoms with Gasteiger partial charge in [0.25, 0.3) is 0 Å². The maximum absolute atomic E-state index is 11.6. The Balaban J connectivity index is 1.82. The molecule has 0 spiro atoms. The van der Waals surface area contributed by atoms with E-state index >= 15 is 0 Å². The Morgan fingerprint density at radius 2 is 2.33 bits per heavy atom. The van der Waals surface area contributed by atoms with Crippen LogP contribution in [0.3, 0.4) is 0 Å². The third kappa shape index (κ3) is 2.95. The molecule has 1 aromatic heterocycles. The quantitative estimate of drug-likeness (QED) is 0.881. The first-order chi connectivity index (χ1) is 10.2. The molecule has 1 fully saturated rings. The molecule has 3 rings (SSSR count). The molecule has 0 radical (unpaired) electrons. The predicted octanol–water partition coefficient (Wildman–Crippen LogP) is 3.19. The second kappa shape index (κ2) is 5.90. The number of piperidine rings is 1. The molecule has 112 valence electrons. The highest BCUT2D eigenvalue weighted by molar-refractivity contribution is 5.95. The molecule has 4 nitrogen and oxygen atoms in total. The van der Waals surface area contributed by atoms with Crippen molar-refractivity contribution < 1.29 is 9.53 Å². The number of nitrogens with one attached hydrogen (secondary N) is 1. The summed E-state index contributed by atoms with van der Waals surface area (Å²) >= 11 is 0. The number of carbonyl (C=O) groups excluding carboxylic acids is 1. The molecule has 1 unspecified atom stereocenters. The average Bonchev–Trinajstić information content (AvgIpc) is 2.89. The summed E-state index contributed by atoms with van der Waals surface area (Å²) in [7, 11) is 1.41. The van der Waals surface area contributed by atoms with Gasteiger partial charge in [0.2, 0.25) is 0 Å². The van der Waals surface area contributed by atoms with Gasteiger partial charge in [0.05, 0.1) is 12.7 Å². The van der Waals surface area contributed by atoms with Gasteiger partial charge in [-0.25, -0.2) is 4.79 Å². The Bertz CT molecular complexity index is 647. The SMILES string of the molecule is COC(=O)c1ccc2c(CN3CCCC(C)C3)c[nH]c2c1. The number of methoxy groups -OCH3 is 1. The average molecular weight is 286 g/mol. The number of aromatic nitrogens is 1. The first-order valence-corrected chi connectivity index (χ1v) is 7.58. The number of rotatable bonds is 3. The first kappa shape index (κ1) is 14.1. The van der Waals surface area contributed by atoms with E-state index in [0.29, 0.717) is 5.56 Å². The smallest absolute Gasteiger partial charge is 0.337 e. The number of nitrogens with zero attached hydrogens (tertiary/aromatic N) is 1. The van der Waals surface area contributed by atoms with Crippen molar-refractivity contribution >= 4 is 16.9 Å². The number of fused-ring (bicyclic) bond motifs is 1. The molecule has 0 bridgehead atoms. The molecule has 21 heavy (non-hydrogen) atoms.